The smallest absolute Gasteiger partial charge is 0.220 e. The van der Waals surface area contributed by atoms with Crippen LogP contribution in [0.4, 0.5) is 0 Å². The summed E-state index contributed by atoms with van der Waals surface area (Å²) in [5.74, 6) is -0.148. The van der Waals surface area contributed by atoms with Crippen molar-refractivity contribution in [1.82, 2.24) is 5.32 Å². The normalized spacial score (nSPS) is 21.5. The first-order valence-electron chi connectivity index (χ1n) is 22.9. The Morgan fingerprint density at radius 3 is 1.52 bits per heavy atom. The number of rotatable bonds is 38. The second-order valence-corrected chi connectivity index (χ2v) is 16.2. The van der Waals surface area contributed by atoms with E-state index >= 15 is 0 Å². The van der Waals surface area contributed by atoms with E-state index in [1.807, 2.05) is 0 Å². The van der Waals surface area contributed by atoms with E-state index in [9.17, 15) is 30.3 Å². The molecule has 1 aliphatic heterocycles. The third kappa shape index (κ3) is 26.7. The summed E-state index contributed by atoms with van der Waals surface area (Å²) in [7, 11) is 0. The fraction of sp³-hybridized carbons (Fsp3) is 0.933. The molecule has 54 heavy (non-hydrogen) atoms. The van der Waals surface area contributed by atoms with Crippen LogP contribution in [0.5, 0.6) is 0 Å². The molecule has 9 heteroatoms. The van der Waals surface area contributed by atoms with Gasteiger partial charge < -0.3 is 40.3 Å². The molecule has 0 saturated carbocycles. The number of ether oxygens (including phenoxy) is 2. The van der Waals surface area contributed by atoms with Crippen LogP contribution in [0.1, 0.15) is 213 Å². The molecule has 1 amide bonds. The first-order chi connectivity index (χ1) is 26.3. The Labute approximate surface area is 331 Å². The van der Waals surface area contributed by atoms with Crippen LogP contribution >= 0.6 is 0 Å². The number of carbonyl (C=O) groups excluding carboxylic acids is 1. The Kier molecular flexibility index (Phi) is 34.2. The van der Waals surface area contributed by atoms with Gasteiger partial charge in [0.15, 0.2) is 6.29 Å². The van der Waals surface area contributed by atoms with E-state index in [1.165, 1.54) is 148 Å². The number of amides is 1. The van der Waals surface area contributed by atoms with E-state index in [0.29, 0.717) is 12.8 Å². The number of nitrogens with one attached hydrogen (secondary N) is 1. The Bertz CT molecular complexity index is 858. The summed E-state index contributed by atoms with van der Waals surface area (Å²) >= 11 is 0. The van der Waals surface area contributed by atoms with Crippen LogP contribution in [0.25, 0.3) is 0 Å². The summed E-state index contributed by atoms with van der Waals surface area (Å²) in [5.41, 5.74) is 0. The van der Waals surface area contributed by atoms with Crippen molar-refractivity contribution < 1.29 is 39.8 Å². The zero-order chi connectivity index (χ0) is 39.5. The molecule has 9 nitrogen and oxygen atoms in total. The van der Waals surface area contributed by atoms with Gasteiger partial charge in [0.05, 0.1) is 25.4 Å². The summed E-state index contributed by atoms with van der Waals surface area (Å²) < 4.78 is 11.3. The van der Waals surface area contributed by atoms with Crippen LogP contribution in [0.15, 0.2) is 12.2 Å². The Hall–Kier alpha value is -1.07. The van der Waals surface area contributed by atoms with Gasteiger partial charge in [0.25, 0.3) is 0 Å². The number of aliphatic hydroxyl groups excluding tert-OH is 5. The first-order valence-corrected chi connectivity index (χ1v) is 22.9. The van der Waals surface area contributed by atoms with E-state index in [2.05, 4.69) is 31.3 Å². The monoisotopic (exact) mass is 770 g/mol. The summed E-state index contributed by atoms with van der Waals surface area (Å²) in [5, 5.41) is 54.3. The highest BCUT2D eigenvalue weighted by Gasteiger charge is 2.44. The average molecular weight is 770 g/mol. The molecule has 1 aliphatic rings. The van der Waals surface area contributed by atoms with E-state index in [4.69, 9.17) is 9.47 Å². The van der Waals surface area contributed by atoms with Crippen LogP contribution in [-0.2, 0) is 14.3 Å². The maximum atomic E-state index is 13.0. The minimum absolute atomic E-state index is 0.136. The summed E-state index contributed by atoms with van der Waals surface area (Å²) in [4.78, 5) is 13.0. The second kappa shape index (κ2) is 36.3. The predicted octanol–water partition coefficient (Wildman–Crippen LogP) is 9.34. The number of aliphatic hydroxyl groups is 5. The van der Waals surface area contributed by atoms with E-state index < -0.39 is 49.5 Å². The van der Waals surface area contributed by atoms with Crippen molar-refractivity contribution in [3.8, 4) is 0 Å². The van der Waals surface area contributed by atoms with Crippen LogP contribution in [-0.4, -0.2) is 87.5 Å². The molecular weight excluding hydrogens is 682 g/mol. The molecule has 7 unspecified atom stereocenters. The third-order valence-corrected chi connectivity index (χ3v) is 11.1. The molecule has 1 heterocycles. The lowest BCUT2D eigenvalue weighted by Crippen LogP contribution is -2.60. The highest BCUT2D eigenvalue weighted by atomic mass is 16.7. The molecule has 0 aromatic heterocycles. The van der Waals surface area contributed by atoms with Gasteiger partial charge in [-0.3, -0.25) is 4.79 Å². The SMILES string of the molecule is CCCCCC/C=C\CCCCCCCCCC(=O)NC(COC1OC(CO)C(O)C(O)C1O)C(O)CCCCCCCCCCCCCCCCCC. The van der Waals surface area contributed by atoms with Crippen LogP contribution in [0, 0.1) is 0 Å². The predicted molar refractivity (Wildman–Crippen MR) is 221 cm³/mol. The molecule has 1 saturated heterocycles. The standard InChI is InChI=1S/C45H87NO8/c1-3-5-7-9-11-13-15-17-19-21-22-24-26-28-30-32-34-39(48)38(37-53-45-44(52)43(51)42(50)40(36-47)54-45)46-41(49)35-33-31-29-27-25-23-20-18-16-14-12-10-8-6-4-2/h14,16,38-40,42-45,47-48,50-52H,3-13,15,17-37H2,1-2H3,(H,46,49)/b16-14-. The van der Waals surface area contributed by atoms with Gasteiger partial charge in [0.2, 0.25) is 5.91 Å². The lowest BCUT2D eigenvalue weighted by molar-refractivity contribution is -0.302. The van der Waals surface area contributed by atoms with Crippen LogP contribution < -0.4 is 5.32 Å². The van der Waals surface area contributed by atoms with Gasteiger partial charge in [-0.15, -0.1) is 0 Å². The van der Waals surface area contributed by atoms with Gasteiger partial charge in [-0.2, -0.15) is 0 Å². The van der Waals surface area contributed by atoms with Crippen molar-refractivity contribution >= 4 is 5.91 Å². The van der Waals surface area contributed by atoms with Gasteiger partial charge in [0, 0.05) is 6.42 Å². The van der Waals surface area contributed by atoms with E-state index in [0.717, 1.165) is 38.5 Å². The molecule has 1 fully saturated rings. The molecule has 7 atom stereocenters. The highest BCUT2D eigenvalue weighted by Crippen LogP contribution is 2.23. The molecule has 0 aromatic carbocycles. The van der Waals surface area contributed by atoms with Crippen molar-refractivity contribution in [3.05, 3.63) is 12.2 Å². The second-order valence-electron chi connectivity index (χ2n) is 16.2. The van der Waals surface area contributed by atoms with Crippen molar-refractivity contribution in [2.75, 3.05) is 13.2 Å². The maximum absolute atomic E-state index is 13.0. The Morgan fingerprint density at radius 1 is 0.611 bits per heavy atom. The van der Waals surface area contributed by atoms with Crippen LogP contribution in [0.2, 0.25) is 0 Å². The van der Waals surface area contributed by atoms with Crippen molar-refractivity contribution in [3.63, 3.8) is 0 Å². The van der Waals surface area contributed by atoms with Gasteiger partial charge in [-0.1, -0.05) is 180 Å². The fourth-order valence-corrected chi connectivity index (χ4v) is 7.39. The summed E-state index contributed by atoms with van der Waals surface area (Å²) in [6.07, 6.45) is 33.5. The summed E-state index contributed by atoms with van der Waals surface area (Å²) in [6.45, 7) is 3.82. The van der Waals surface area contributed by atoms with Crippen molar-refractivity contribution in [2.45, 2.75) is 256 Å². The summed E-state index contributed by atoms with van der Waals surface area (Å²) in [6, 6.07) is -0.716. The third-order valence-electron chi connectivity index (χ3n) is 11.1. The Morgan fingerprint density at radius 2 is 1.04 bits per heavy atom. The van der Waals surface area contributed by atoms with Crippen molar-refractivity contribution in [1.29, 1.82) is 0 Å². The molecule has 1 rings (SSSR count). The highest BCUT2D eigenvalue weighted by molar-refractivity contribution is 5.76. The number of unbranched alkanes of at least 4 members (excludes halogenated alkanes) is 26. The molecular formula is C45H87NO8. The molecule has 0 radical (unpaired) electrons. The van der Waals surface area contributed by atoms with Crippen LogP contribution in [0.3, 0.4) is 0 Å². The lowest BCUT2D eigenvalue weighted by atomic mass is 9.99. The molecule has 0 aromatic rings. The minimum Gasteiger partial charge on any atom is -0.394 e. The number of carbonyl (C=O) groups is 1. The topological polar surface area (TPSA) is 149 Å². The number of hydrogen-bond acceptors (Lipinski definition) is 8. The lowest BCUT2D eigenvalue weighted by Gasteiger charge is -2.40. The minimum atomic E-state index is -1.55. The van der Waals surface area contributed by atoms with Gasteiger partial charge >= 0.3 is 0 Å². The zero-order valence-corrected chi connectivity index (χ0v) is 35.0. The van der Waals surface area contributed by atoms with Gasteiger partial charge in [-0.25, -0.2) is 0 Å². The van der Waals surface area contributed by atoms with E-state index in [1.54, 1.807) is 0 Å². The van der Waals surface area contributed by atoms with Crippen molar-refractivity contribution in [2.24, 2.45) is 0 Å². The molecule has 6 N–H and O–H groups in total. The molecule has 320 valence electrons. The number of allylic oxidation sites excluding steroid dienone is 2. The fourth-order valence-electron chi connectivity index (χ4n) is 7.39. The molecule has 0 spiro atoms. The quantitative estimate of drug-likeness (QED) is 0.0269. The maximum Gasteiger partial charge on any atom is 0.220 e. The van der Waals surface area contributed by atoms with E-state index in [-0.39, 0.29) is 12.5 Å². The molecule has 0 aliphatic carbocycles. The zero-order valence-electron chi connectivity index (χ0n) is 35.0. The largest absolute Gasteiger partial charge is 0.394 e. The average Bonchev–Trinajstić information content (AvgIpc) is 3.17. The Balaban J connectivity index is 2.33. The molecule has 0 bridgehead atoms. The van der Waals surface area contributed by atoms with Gasteiger partial charge in [-0.05, 0) is 38.5 Å². The van der Waals surface area contributed by atoms with Gasteiger partial charge in [0.1, 0.15) is 24.4 Å². The number of hydrogen-bond donors (Lipinski definition) is 6. The first kappa shape index (κ1) is 50.9.